The number of fused-ring (bicyclic) bond motifs is 1. The minimum Gasteiger partial charge on any atom is -0.307 e. The molecule has 2 aromatic carbocycles. The second-order valence-electron chi connectivity index (χ2n) is 6.64. The van der Waals surface area contributed by atoms with Gasteiger partial charge in [-0.3, -0.25) is 14.3 Å². The Morgan fingerprint density at radius 2 is 1.90 bits per heavy atom. The van der Waals surface area contributed by atoms with Crippen LogP contribution in [0.4, 0.5) is 16.2 Å². The summed E-state index contributed by atoms with van der Waals surface area (Å²) in [7, 11) is 0. The van der Waals surface area contributed by atoms with E-state index in [9.17, 15) is 14.4 Å². The fourth-order valence-electron chi connectivity index (χ4n) is 3.01. The van der Waals surface area contributed by atoms with E-state index in [2.05, 4.69) is 16.6 Å². The van der Waals surface area contributed by atoms with Gasteiger partial charge in [0.25, 0.3) is 5.91 Å². The SMILES string of the molecule is C=C(Cl)S/C(=C\C)SNC(=O)Nc1ccc(N2C(=O)Cc3cc(C)ccc3C2=O)cc1. The van der Waals surface area contributed by atoms with Gasteiger partial charge in [-0.2, -0.15) is 0 Å². The van der Waals surface area contributed by atoms with E-state index in [0.717, 1.165) is 27.3 Å². The van der Waals surface area contributed by atoms with Gasteiger partial charge in [0.2, 0.25) is 5.91 Å². The fourth-order valence-corrected chi connectivity index (χ4v) is 4.69. The second kappa shape index (κ2) is 10.1. The predicted octanol–water partition coefficient (Wildman–Crippen LogP) is 5.80. The number of thioether (sulfide) groups is 1. The number of anilines is 2. The molecule has 0 radical (unpaired) electrons. The van der Waals surface area contributed by atoms with Crippen molar-refractivity contribution in [3.8, 4) is 0 Å². The Kier molecular flexibility index (Phi) is 7.48. The highest BCUT2D eigenvalue weighted by Gasteiger charge is 2.32. The summed E-state index contributed by atoms with van der Waals surface area (Å²) in [5.41, 5.74) is 3.25. The van der Waals surface area contributed by atoms with Crippen LogP contribution in [0.15, 0.2) is 63.7 Å². The lowest BCUT2D eigenvalue weighted by Gasteiger charge is -2.27. The molecule has 4 amide bonds. The van der Waals surface area contributed by atoms with Crippen LogP contribution in [-0.2, 0) is 11.2 Å². The Bertz CT molecular complexity index is 1080. The highest BCUT2D eigenvalue weighted by Crippen LogP contribution is 2.33. The number of nitrogens with zero attached hydrogens (tertiary/aromatic N) is 1. The number of benzene rings is 2. The van der Waals surface area contributed by atoms with Crippen molar-refractivity contribution >= 4 is 64.5 Å². The van der Waals surface area contributed by atoms with Gasteiger partial charge in [0, 0.05) is 11.3 Å². The van der Waals surface area contributed by atoms with Crippen LogP contribution in [0.5, 0.6) is 0 Å². The quantitative estimate of drug-likeness (QED) is 0.409. The van der Waals surface area contributed by atoms with E-state index in [4.69, 9.17) is 11.6 Å². The zero-order valence-electron chi connectivity index (χ0n) is 16.9. The van der Waals surface area contributed by atoms with Crippen molar-refractivity contribution in [2.75, 3.05) is 10.2 Å². The number of hydrogen-bond acceptors (Lipinski definition) is 5. The first-order valence-electron chi connectivity index (χ1n) is 9.27. The number of amides is 4. The molecule has 2 N–H and O–H groups in total. The predicted molar refractivity (Wildman–Crippen MR) is 129 cm³/mol. The Hall–Kier alpha value is -2.68. The summed E-state index contributed by atoms with van der Waals surface area (Å²) in [5.74, 6) is -0.631. The summed E-state index contributed by atoms with van der Waals surface area (Å²) >= 11 is 8.13. The highest BCUT2D eigenvalue weighted by atomic mass is 35.5. The van der Waals surface area contributed by atoms with E-state index in [-0.39, 0.29) is 18.2 Å². The van der Waals surface area contributed by atoms with E-state index in [0.29, 0.717) is 21.3 Å². The van der Waals surface area contributed by atoms with Crippen LogP contribution in [0.3, 0.4) is 0 Å². The maximum absolute atomic E-state index is 12.9. The van der Waals surface area contributed by atoms with Gasteiger partial charge in [-0.25, -0.2) is 9.69 Å². The van der Waals surface area contributed by atoms with Crippen LogP contribution >= 0.6 is 35.3 Å². The molecule has 0 aromatic heterocycles. The molecule has 0 spiro atoms. The normalized spacial score (nSPS) is 13.6. The molecule has 0 fully saturated rings. The van der Waals surface area contributed by atoms with Gasteiger partial charge in [-0.1, -0.05) is 53.7 Å². The van der Waals surface area contributed by atoms with Crippen molar-refractivity contribution in [3.05, 3.63) is 80.4 Å². The lowest BCUT2D eigenvalue weighted by Crippen LogP contribution is -2.42. The maximum Gasteiger partial charge on any atom is 0.329 e. The average molecular weight is 474 g/mol. The molecule has 0 saturated heterocycles. The molecular weight excluding hydrogens is 454 g/mol. The third-order valence-corrected chi connectivity index (χ3v) is 6.47. The first-order valence-corrected chi connectivity index (χ1v) is 11.3. The molecule has 9 heteroatoms. The van der Waals surface area contributed by atoms with Gasteiger partial charge in [0.05, 0.1) is 20.7 Å². The molecule has 160 valence electrons. The molecule has 3 rings (SSSR count). The number of carbonyl (C=O) groups is 3. The monoisotopic (exact) mass is 473 g/mol. The number of urea groups is 1. The number of carbonyl (C=O) groups excluding carboxylic acids is 3. The van der Waals surface area contributed by atoms with Crippen LogP contribution in [-0.4, -0.2) is 17.8 Å². The lowest BCUT2D eigenvalue weighted by molar-refractivity contribution is -0.117. The van der Waals surface area contributed by atoms with E-state index in [1.807, 2.05) is 32.1 Å². The van der Waals surface area contributed by atoms with Gasteiger partial charge in [-0.15, -0.1) is 0 Å². The zero-order valence-corrected chi connectivity index (χ0v) is 19.3. The number of hydrogen-bond donors (Lipinski definition) is 2. The van der Waals surface area contributed by atoms with Crippen LogP contribution in [0, 0.1) is 6.92 Å². The van der Waals surface area contributed by atoms with E-state index < -0.39 is 6.03 Å². The Morgan fingerprint density at radius 3 is 2.55 bits per heavy atom. The van der Waals surface area contributed by atoms with Crippen molar-refractivity contribution in [2.24, 2.45) is 0 Å². The third-order valence-electron chi connectivity index (χ3n) is 4.36. The Labute approximate surface area is 194 Å². The largest absolute Gasteiger partial charge is 0.329 e. The summed E-state index contributed by atoms with van der Waals surface area (Å²) < 4.78 is 3.84. The number of imide groups is 1. The van der Waals surface area contributed by atoms with Crippen LogP contribution in [0.25, 0.3) is 0 Å². The van der Waals surface area contributed by atoms with Gasteiger partial charge in [0.15, 0.2) is 0 Å². The van der Waals surface area contributed by atoms with Crippen LogP contribution in [0.1, 0.15) is 28.4 Å². The number of rotatable bonds is 6. The summed E-state index contributed by atoms with van der Waals surface area (Å²) in [5, 5.41) is 2.70. The molecule has 6 nitrogen and oxygen atoms in total. The summed E-state index contributed by atoms with van der Waals surface area (Å²) in [6, 6.07) is 11.6. The smallest absolute Gasteiger partial charge is 0.307 e. The summed E-state index contributed by atoms with van der Waals surface area (Å²) in [6.07, 6.45) is 1.98. The Morgan fingerprint density at radius 1 is 1.19 bits per heavy atom. The molecule has 0 bridgehead atoms. The van der Waals surface area contributed by atoms with Crippen molar-refractivity contribution in [1.29, 1.82) is 0 Å². The zero-order chi connectivity index (χ0) is 22.5. The van der Waals surface area contributed by atoms with Crippen LogP contribution < -0.4 is 14.9 Å². The molecule has 1 heterocycles. The third kappa shape index (κ3) is 5.72. The molecule has 0 atom stereocenters. The number of halogens is 1. The minimum absolute atomic E-state index is 0.169. The summed E-state index contributed by atoms with van der Waals surface area (Å²) in [6.45, 7) is 7.36. The van der Waals surface area contributed by atoms with Crippen molar-refractivity contribution in [1.82, 2.24) is 4.72 Å². The molecule has 1 aliphatic rings. The number of allylic oxidation sites excluding steroid dienone is 1. The maximum atomic E-state index is 12.9. The molecule has 31 heavy (non-hydrogen) atoms. The van der Waals surface area contributed by atoms with Gasteiger partial charge < -0.3 is 5.32 Å². The van der Waals surface area contributed by atoms with E-state index in [1.165, 1.54) is 16.7 Å². The van der Waals surface area contributed by atoms with E-state index in [1.54, 1.807) is 30.3 Å². The second-order valence-corrected chi connectivity index (χ2v) is 9.57. The van der Waals surface area contributed by atoms with E-state index >= 15 is 0 Å². The number of nitrogens with one attached hydrogen (secondary N) is 2. The molecule has 1 aliphatic heterocycles. The molecule has 0 aliphatic carbocycles. The minimum atomic E-state index is -0.424. The number of aryl methyl sites for hydroxylation is 1. The van der Waals surface area contributed by atoms with Gasteiger partial charge >= 0.3 is 6.03 Å². The van der Waals surface area contributed by atoms with Gasteiger partial charge in [0.1, 0.15) is 0 Å². The highest BCUT2D eigenvalue weighted by molar-refractivity contribution is 8.24. The topological polar surface area (TPSA) is 78.5 Å². The fraction of sp³-hybridized carbons (Fsp3) is 0.136. The average Bonchev–Trinajstić information content (AvgIpc) is 2.71. The molecule has 2 aromatic rings. The van der Waals surface area contributed by atoms with Crippen molar-refractivity contribution < 1.29 is 14.4 Å². The Balaban J connectivity index is 1.65. The van der Waals surface area contributed by atoms with Crippen molar-refractivity contribution in [3.63, 3.8) is 0 Å². The van der Waals surface area contributed by atoms with Gasteiger partial charge in [-0.05, 0) is 61.7 Å². The summed E-state index contributed by atoms with van der Waals surface area (Å²) in [4.78, 5) is 38.7. The first kappa shape index (κ1) is 23.0. The molecular formula is C22H20ClN3O3S2. The van der Waals surface area contributed by atoms with Crippen LogP contribution in [0.2, 0.25) is 0 Å². The molecule has 0 saturated carbocycles. The van der Waals surface area contributed by atoms with Crippen molar-refractivity contribution in [2.45, 2.75) is 20.3 Å². The standard InChI is InChI=1S/C22H20ClN3O3S2/c1-4-20(30-14(3)23)31-25-22(29)24-16-6-8-17(9-7-16)26-19(27)12-15-11-13(2)5-10-18(15)21(26)28/h4-11H,3,12H2,1-2H3,(H2,24,25,29)/b20-4+. The lowest BCUT2D eigenvalue weighted by atomic mass is 9.96. The first-order chi connectivity index (χ1) is 14.8. The molecule has 0 unspecified atom stereocenters.